The summed E-state index contributed by atoms with van der Waals surface area (Å²) in [7, 11) is 0. The Labute approximate surface area is 131 Å². The fourth-order valence-corrected chi connectivity index (χ4v) is 3.52. The number of allylic oxidation sites excluding steroid dienone is 1. The molecule has 0 aromatic carbocycles. The van der Waals surface area contributed by atoms with Gasteiger partial charge in [-0.2, -0.15) is 0 Å². The smallest absolute Gasteiger partial charge is 0.225 e. The first kappa shape index (κ1) is 16.2. The largest absolute Gasteiger partial charge is 0.311 e. The lowest BCUT2D eigenvalue weighted by molar-refractivity contribution is -0.116. The van der Waals surface area contributed by atoms with E-state index in [2.05, 4.69) is 16.4 Å². The van der Waals surface area contributed by atoms with Gasteiger partial charge in [-0.3, -0.25) is 9.69 Å². The third kappa shape index (κ3) is 4.93. The molecule has 1 aromatic heterocycles. The summed E-state index contributed by atoms with van der Waals surface area (Å²) in [6.45, 7) is 6.01. The number of amides is 1. The third-order valence-corrected chi connectivity index (χ3v) is 4.69. The summed E-state index contributed by atoms with van der Waals surface area (Å²) in [6.07, 6.45) is 8.76. The van der Waals surface area contributed by atoms with Crippen molar-refractivity contribution in [2.75, 3.05) is 18.0 Å². The maximum atomic E-state index is 11.5. The summed E-state index contributed by atoms with van der Waals surface area (Å²) >= 11 is 1.54. The average Bonchev–Trinajstić information content (AvgIpc) is 2.94. The molecule has 0 saturated carbocycles. The second-order valence-electron chi connectivity index (χ2n) is 5.42. The van der Waals surface area contributed by atoms with Crippen LogP contribution in [0.25, 0.3) is 0 Å². The van der Waals surface area contributed by atoms with Crippen molar-refractivity contribution in [2.24, 2.45) is 0 Å². The zero-order chi connectivity index (χ0) is 15.1. The Morgan fingerprint density at radius 1 is 1.48 bits per heavy atom. The van der Waals surface area contributed by atoms with Crippen LogP contribution in [0.2, 0.25) is 0 Å². The lowest BCUT2D eigenvalue weighted by atomic mass is 9.97. The first-order valence-corrected chi connectivity index (χ1v) is 8.69. The lowest BCUT2D eigenvalue weighted by Crippen LogP contribution is -2.27. The molecule has 1 heterocycles. The van der Waals surface area contributed by atoms with Crippen molar-refractivity contribution in [1.29, 1.82) is 0 Å². The Balaban J connectivity index is 1.75. The van der Waals surface area contributed by atoms with Crippen LogP contribution in [0.1, 0.15) is 51.6 Å². The van der Waals surface area contributed by atoms with Crippen LogP contribution in [0.15, 0.2) is 17.0 Å². The first-order valence-electron chi connectivity index (χ1n) is 7.82. The summed E-state index contributed by atoms with van der Waals surface area (Å²) in [5.74, 6) is 0.0515. The number of nitrogens with one attached hydrogen (secondary N) is 1. The van der Waals surface area contributed by atoms with Gasteiger partial charge in [0.05, 0.1) is 5.69 Å². The van der Waals surface area contributed by atoms with Gasteiger partial charge in [0.15, 0.2) is 5.13 Å². The molecule has 1 N–H and O–H groups in total. The maximum Gasteiger partial charge on any atom is 0.225 e. The number of nitrogens with zero attached hydrogens (tertiary/aromatic N) is 2. The molecule has 0 fully saturated rings. The van der Waals surface area contributed by atoms with Gasteiger partial charge >= 0.3 is 0 Å². The van der Waals surface area contributed by atoms with Crippen LogP contribution in [-0.2, 0) is 11.3 Å². The molecule has 0 saturated heterocycles. The van der Waals surface area contributed by atoms with Gasteiger partial charge in [0.1, 0.15) is 0 Å². The number of hydrogen-bond donors (Lipinski definition) is 1. The van der Waals surface area contributed by atoms with Gasteiger partial charge in [-0.25, -0.2) is 4.98 Å². The van der Waals surface area contributed by atoms with Crippen LogP contribution in [0.3, 0.4) is 0 Å². The molecule has 0 unspecified atom stereocenters. The number of aromatic nitrogens is 1. The van der Waals surface area contributed by atoms with E-state index in [0.717, 1.165) is 30.3 Å². The van der Waals surface area contributed by atoms with Crippen LogP contribution in [0.5, 0.6) is 0 Å². The van der Waals surface area contributed by atoms with E-state index in [9.17, 15) is 4.79 Å². The molecule has 4 nitrogen and oxygen atoms in total. The van der Waals surface area contributed by atoms with Gasteiger partial charge in [-0.05, 0) is 45.6 Å². The molecule has 0 radical (unpaired) electrons. The number of carbonyl (C=O) groups is 1. The second kappa shape index (κ2) is 8.29. The van der Waals surface area contributed by atoms with E-state index in [1.54, 1.807) is 17.4 Å². The molecule has 5 heteroatoms. The normalized spacial score (nSPS) is 14.9. The molecular formula is C16H25N3OS. The molecular weight excluding hydrogens is 282 g/mol. The van der Waals surface area contributed by atoms with Crippen molar-refractivity contribution in [3.05, 3.63) is 22.7 Å². The van der Waals surface area contributed by atoms with Crippen molar-refractivity contribution < 1.29 is 4.79 Å². The molecule has 21 heavy (non-hydrogen) atoms. The number of hydrogen-bond acceptors (Lipinski definition) is 4. The molecule has 1 aromatic rings. The van der Waals surface area contributed by atoms with Gasteiger partial charge < -0.3 is 5.32 Å². The Bertz CT molecular complexity index is 495. The fraction of sp³-hybridized carbons (Fsp3) is 0.625. The van der Waals surface area contributed by atoms with E-state index in [1.807, 2.05) is 12.3 Å². The van der Waals surface area contributed by atoms with Crippen LogP contribution in [0, 0.1) is 0 Å². The van der Waals surface area contributed by atoms with Gasteiger partial charge in [0.25, 0.3) is 0 Å². The molecule has 1 aliphatic carbocycles. The van der Waals surface area contributed by atoms with Crippen molar-refractivity contribution >= 4 is 22.4 Å². The van der Waals surface area contributed by atoms with Crippen LogP contribution in [0.4, 0.5) is 5.13 Å². The van der Waals surface area contributed by atoms with Crippen LogP contribution >= 0.6 is 11.3 Å². The van der Waals surface area contributed by atoms with E-state index in [1.165, 1.54) is 37.0 Å². The fourth-order valence-electron chi connectivity index (χ4n) is 2.59. The number of anilines is 1. The Kier molecular flexibility index (Phi) is 6.39. The van der Waals surface area contributed by atoms with Crippen LogP contribution in [-0.4, -0.2) is 24.0 Å². The number of thiazole rings is 1. The van der Waals surface area contributed by atoms with Crippen molar-refractivity contribution in [2.45, 2.75) is 52.5 Å². The predicted octanol–water partition coefficient (Wildman–Crippen LogP) is 3.50. The maximum absolute atomic E-state index is 11.5. The Morgan fingerprint density at radius 2 is 2.33 bits per heavy atom. The molecule has 1 aliphatic rings. The van der Waals surface area contributed by atoms with Gasteiger partial charge in [-0.1, -0.05) is 11.6 Å². The molecule has 2 rings (SSSR count). The third-order valence-electron chi connectivity index (χ3n) is 3.78. The molecule has 1 amide bonds. The Morgan fingerprint density at radius 3 is 3.00 bits per heavy atom. The van der Waals surface area contributed by atoms with Crippen molar-refractivity contribution in [1.82, 2.24) is 10.3 Å². The number of carbonyl (C=O) groups excluding carboxylic acids is 1. The monoisotopic (exact) mass is 307 g/mol. The van der Waals surface area contributed by atoms with Gasteiger partial charge in [0, 0.05) is 25.4 Å². The quantitative estimate of drug-likeness (QED) is 0.619. The topological polar surface area (TPSA) is 45.2 Å². The van der Waals surface area contributed by atoms with E-state index in [4.69, 9.17) is 0 Å². The van der Waals surface area contributed by atoms with Crippen molar-refractivity contribution in [3.63, 3.8) is 0 Å². The molecule has 0 bridgehead atoms. The van der Waals surface area contributed by atoms with E-state index >= 15 is 0 Å². The van der Waals surface area contributed by atoms with E-state index in [0.29, 0.717) is 6.54 Å². The Hall–Kier alpha value is -1.20. The first-order chi connectivity index (χ1) is 10.2. The minimum atomic E-state index is 0.0515. The number of rotatable bonds is 7. The van der Waals surface area contributed by atoms with E-state index in [-0.39, 0.29) is 5.91 Å². The van der Waals surface area contributed by atoms with Crippen molar-refractivity contribution in [3.8, 4) is 0 Å². The average molecular weight is 307 g/mol. The lowest BCUT2D eigenvalue weighted by Gasteiger charge is -2.14. The minimum Gasteiger partial charge on any atom is -0.311 e. The standard InChI is InChI=1S/C16H25N3OS/c1-3-19(13(2)20)16-18-15(12-21-16)11-17-10-9-14-7-5-4-6-8-14/h7,12,17H,3-6,8-11H2,1-2H3. The zero-order valence-electron chi connectivity index (χ0n) is 13.0. The summed E-state index contributed by atoms with van der Waals surface area (Å²) in [6, 6.07) is 0. The predicted molar refractivity (Wildman–Crippen MR) is 88.7 cm³/mol. The molecule has 0 spiro atoms. The van der Waals surface area contributed by atoms with Gasteiger partial charge in [-0.15, -0.1) is 11.3 Å². The van der Waals surface area contributed by atoms with Crippen LogP contribution < -0.4 is 10.2 Å². The summed E-state index contributed by atoms with van der Waals surface area (Å²) in [5.41, 5.74) is 2.62. The summed E-state index contributed by atoms with van der Waals surface area (Å²) in [4.78, 5) is 17.7. The summed E-state index contributed by atoms with van der Waals surface area (Å²) in [5, 5.41) is 6.29. The molecule has 116 valence electrons. The highest BCUT2D eigenvalue weighted by atomic mass is 32.1. The highest BCUT2D eigenvalue weighted by Crippen LogP contribution is 2.21. The molecule has 0 aliphatic heterocycles. The summed E-state index contributed by atoms with van der Waals surface area (Å²) < 4.78 is 0. The highest BCUT2D eigenvalue weighted by molar-refractivity contribution is 7.14. The molecule has 0 atom stereocenters. The SMILES string of the molecule is CCN(C(C)=O)c1nc(CNCCC2=CCCCC2)cs1. The highest BCUT2D eigenvalue weighted by Gasteiger charge is 2.13. The van der Waals surface area contributed by atoms with E-state index < -0.39 is 0 Å². The minimum absolute atomic E-state index is 0.0515. The van der Waals surface area contributed by atoms with Gasteiger partial charge in [0.2, 0.25) is 5.91 Å². The second-order valence-corrected chi connectivity index (χ2v) is 6.26. The zero-order valence-corrected chi connectivity index (χ0v) is 13.8.